The van der Waals surface area contributed by atoms with Gasteiger partial charge in [-0.3, -0.25) is 9.59 Å². The first-order valence-electron chi connectivity index (χ1n) is 14.2. The van der Waals surface area contributed by atoms with E-state index in [9.17, 15) is 14.4 Å². The van der Waals surface area contributed by atoms with Gasteiger partial charge in [0.1, 0.15) is 29.1 Å². The van der Waals surface area contributed by atoms with Gasteiger partial charge >= 0.3 is 11.9 Å². The summed E-state index contributed by atoms with van der Waals surface area (Å²) in [7, 11) is 4.49. The van der Waals surface area contributed by atoms with Gasteiger partial charge in [0, 0.05) is 19.2 Å². The lowest BCUT2D eigenvalue weighted by molar-refractivity contribution is -0.156. The maximum absolute atomic E-state index is 13.4. The molecule has 46 heavy (non-hydrogen) atoms. The van der Waals surface area contributed by atoms with Crippen molar-refractivity contribution in [3.05, 3.63) is 66.5 Å². The lowest BCUT2D eigenvalue weighted by Gasteiger charge is -2.31. The highest BCUT2D eigenvalue weighted by atomic mass is 16.7. The highest BCUT2D eigenvalue weighted by molar-refractivity contribution is 5.98. The van der Waals surface area contributed by atoms with Crippen molar-refractivity contribution in [2.45, 2.75) is 38.2 Å². The summed E-state index contributed by atoms with van der Waals surface area (Å²) < 4.78 is 50.3. The van der Waals surface area contributed by atoms with Crippen LogP contribution in [0.15, 0.2) is 60.8 Å². The molecule has 1 aliphatic heterocycles. The first-order chi connectivity index (χ1) is 22.2. The number of rotatable bonds is 12. The van der Waals surface area contributed by atoms with Crippen molar-refractivity contribution in [3.63, 3.8) is 0 Å². The van der Waals surface area contributed by atoms with Crippen molar-refractivity contribution in [2.75, 3.05) is 41.3 Å². The van der Waals surface area contributed by atoms with E-state index in [0.717, 1.165) is 0 Å². The normalized spacial score (nSPS) is 19.6. The molecular weight excluding hydrogens is 604 g/mol. The number of cyclic esters (lactones) is 1. The van der Waals surface area contributed by atoms with Crippen LogP contribution >= 0.6 is 0 Å². The van der Waals surface area contributed by atoms with E-state index in [4.69, 9.17) is 42.6 Å². The number of carbonyl (C=O) groups excluding carboxylic acids is 3. The van der Waals surface area contributed by atoms with Gasteiger partial charge in [-0.05, 0) is 55.5 Å². The second kappa shape index (κ2) is 16.2. The van der Waals surface area contributed by atoms with E-state index in [1.54, 1.807) is 69.7 Å². The van der Waals surface area contributed by atoms with Gasteiger partial charge in [0.2, 0.25) is 6.79 Å². The summed E-state index contributed by atoms with van der Waals surface area (Å²) in [6.07, 6.45) is -1.13. The molecule has 1 N–H and O–H groups in total. The Morgan fingerprint density at radius 3 is 2.07 bits per heavy atom. The van der Waals surface area contributed by atoms with E-state index in [1.807, 2.05) is 0 Å². The van der Waals surface area contributed by atoms with E-state index in [2.05, 4.69) is 10.3 Å². The molecule has 3 aromatic rings. The predicted molar refractivity (Wildman–Crippen MR) is 160 cm³/mol. The van der Waals surface area contributed by atoms with Gasteiger partial charge in [-0.1, -0.05) is 0 Å². The van der Waals surface area contributed by atoms with Crippen LogP contribution in [0.2, 0.25) is 0 Å². The Hall–Kier alpha value is -5.24. The van der Waals surface area contributed by atoms with E-state index >= 15 is 0 Å². The van der Waals surface area contributed by atoms with Crippen LogP contribution in [0.5, 0.6) is 34.5 Å². The van der Waals surface area contributed by atoms with Crippen LogP contribution < -0.4 is 33.7 Å². The standard InChI is InChI=1S/C32H36N2O12/c1-19-29(46-24-12-8-22(39-4)9-13-24)27(45-23-10-6-21(38-3)7-11-23)17-41-16-25(32(37)44-19)34-31(36)28-30(43-18-42-20(2)35)26(40-5)14-15-33-28/h6-15,19,25,27,29H,16-18H2,1-5H3,(H,34,36). The second-order valence-electron chi connectivity index (χ2n) is 9.88. The minimum atomic E-state index is -1.24. The Kier molecular flexibility index (Phi) is 11.8. The third kappa shape index (κ3) is 8.91. The van der Waals surface area contributed by atoms with E-state index in [0.29, 0.717) is 23.0 Å². The molecule has 0 spiro atoms. The fourth-order valence-corrected chi connectivity index (χ4v) is 4.40. The first-order valence-corrected chi connectivity index (χ1v) is 14.2. The quantitative estimate of drug-likeness (QED) is 0.228. The van der Waals surface area contributed by atoms with Gasteiger partial charge in [0.05, 0.1) is 34.5 Å². The minimum absolute atomic E-state index is 0.0334. The molecule has 2 heterocycles. The zero-order chi connectivity index (χ0) is 33.1. The van der Waals surface area contributed by atoms with Crippen LogP contribution in [0.3, 0.4) is 0 Å². The van der Waals surface area contributed by atoms with Crippen molar-refractivity contribution in [1.29, 1.82) is 0 Å². The number of nitrogens with zero attached hydrogens (tertiary/aromatic N) is 1. The van der Waals surface area contributed by atoms with E-state index < -0.39 is 49.0 Å². The van der Waals surface area contributed by atoms with E-state index in [-0.39, 0.29) is 30.4 Å². The van der Waals surface area contributed by atoms with Crippen LogP contribution in [0.4, 0.5) is 0 Å². The number of hydrogen-bond acceptors (Lipinski definition) is 13. The fourth-order valence-electron chi connectivity index (χ4n) is 4.40. The zero-order valence-corrected chi connectivity index (χ0v) is 26.1. The number of amides is 1. The molecule has 1 saturated heterocycles. The lowest BCUT2D eigenvalue weighted by atomic mass is 10.1. The number of methoxy groups -OCH3 is 3. The molecule has 1 amide bonds. The third-order valence-electron chi connectivity index (χ3n) is 6.73. The zero-order valence-electron chi connectivity index (χ0n) is 26.1. The number of ether oxygens (including phenoxy) is 9. The topological polar surface area (TPSA) is 159 Å². The molecule has 14 nitrogen and oxygen atoms in total. The summed E-state index contributed by atoms with van der Waals surface area (Å²) in [6, 6.07) is 14.1. The smallest absolute Gasteiger partial charge is 0.331 e. The summed E-state index contributed by atoms with van der Waals surface area (Å²) in [6.45, 7) is 2.08. The molecule has 246 valence electrons. The van der Waals surface area contributed by atoms with Crippen molar-refractivity contribution < 1.29 is 57.0 Å². The number of aromatic nitrogens is 1. The summed E-state index contributed by atoms with van der Waals surface area (Å²) in [4.78, 5) is 42.1. The van der Waals surface area contributed by atoms with Crippen LogP contribution in [0.1, 0.15) is 24.3 Å². The van der Waals surface area contributed by atoms with Gasteiger partial charge in [-0.25, -0.2) is 9.78 Å². The Bertz CT molecular complexity index is 1460. The van der Waals surface area contributed by atoms with Crippen LogP contribution in [-0.4, -0.2) is 88.5 Å². The molecule has 0 aliphatic carbocycles. The van der Waals surface area contributed by atoms with E-state index in [1.165, 1.54) is 26.3 Å². The number of esters is 2. The van der Waals surface area contributed by atoms with Crippen LogP contribution in [-0.2, 0) is 23.8 Å². The lowest BCUT2D eigenvalue weighted by Crippen LogP contribution is -2.48. The molecule has 1 fully saturated rings. The van der Waals surface area contributed by atoms with Crippen LogP contribution in [0, 0.1) is 0 Å². The average Bonchev–Trinajstić information content (AvgIpc) is 3.10. The summed E-state index contributed by atoms with van der Waals surface area (Å²) in [5, 5.41) is 2.59. The molecule has 4 unspecified atom stereocenters. The van der Waals surface area contributed by atoms with Gasteiger partial charge in [0.25, 0.3) is 5.91 Å². The highest BCUT2D eigenvalue weighted by Gasteiger charge is 2.38. The maximum atomic E-state index is 13.4. The van der Waals surface area contributed by atoms with Crippen molar-refractivity contribution in [3.8, 4) is 34.5 Å². The van der Waals surface area contributed by atoms with Crippen LogP contribution in [0.25, 0.3) is 0 Å². The summed E-state index contributed by atoms with van der Waals surface area (Å²) in [5.74, 6) is 0.192. The van der Waals surface area contributed by atoms with Gasteiger partial charge in [0.15, 0.2) is 35.4 Å². The highest BCUT2D eigenvalue weighted by Crippen LogP contribution is 2.30. The first kappa shape index (κ1) is 33.6. The Labute approximate surface area is 265 Å². The minimum Gasteiger partial charge on any atom is -0.497 e. The summed E-state index contributed by atoms with van der Waals surface area (Å²) >= 11 is 0. The molecule has 4 rings (SSSR count). The Morgan fingerprint density at radius 1 is 0.870 bits per heavy atom. The summed E-state index contributed by atoms with van der Waals surface area (Å²) in [5.41, 5.74) is -0.214. The largest absolute Gasteiger partial charge is 0.497 e. The van der Waals surface area contributed by atoms with Crippen molar-refractivity contribution in [1.82, 2.24) is 10.3 Å². The second-order valence-corrected chi connectivity index (χ2v) is 9.88. The molecule has 1 aliphatic rings. The maximum Gasteiger partial charge on any atom is 0.331 e. The number of carbonyl (C=O) groups is 3. The van der Waals surface area contributed by atoms with Crippen molar-refractivity contribution >= 4 is 17.8 Å². The Balaban J connectivity index is 1.56. The molecule has 0 saturated carbocycles. The number of nitrogens with one attached hydrogen (secondary N) is 1. The predicted octanol–water partition coefficient (Wildman–Crippen LogP) is 2.96. The molecule has 14 heteroatoms. The van der Waals surface area contributed by atoms with Crippen molar-refractivity contribution in [2.24, 2.45) is 0 Å². The third-order valence-corrected chi connectivity index (χ3v) is 6.73. The molecular formula is C32H36N2O12. The molecule has 4 atom stereocenters. The number of hydrogen-bond donors (Lipinski definition) is 1. The van der Waals surface area contributed by atoms with Gasteiger partial charge in [-0.15, -0.1) is 0 Å². The molecule has 0 bridgehead atoms. The van der Waals surface area contributed by atoms with Gasteiger partial charge in [-0.2, -0.15) is 0 Å². The average molecular weight is 641 g/mol. The molecule has 0 radical (unpaired) electrons. The molecule has 2 aromatic carbocycles. The fraction of sp³-hybridized carbons (Fsp3) is 0.375. The molecule has 1 aromatic heterocycles. The number of benzene rings is 2. The number of pyridine rings is 1. The Morgan fingerprint density at radius 2 is 1.48 bits per heavy atom. The monoisotopic (exact) mass is 640 g/mol. The van der Waals surface area contributed by atoms with Gasteiger partial charge < -0.3 is 47.9 Å². The SMILES string of the molecule is COc1ccc(OC2COCC(NC(=O)c3nccc(OC)c3OCOC(C)=O)C(=O)OC(C)C2Oc2ccc(OC)cc2)cc1.